The fourth-order valence-electron chi connectivity index (χ4n) is 1.36. The van der Waals surface area contributed by atoms with Crippen molar-refractivity contribution in [1.29, 1.82) is 0 Å². The second-order valence-electron chi connectivity index (χ2n) is 3.01. The van der Waals surface area contributed by atoms with Crippen molar-refractivity contribution >= 4 is 5.97 Å². The number of ether oxygens (including phenoxy) is 2. The predicted molar refractivity (Wildman–Crippen MR) is 49.0 cm³/mol. The molecule has 1 rings (SSSR count). The van der Waals surface area contributed by atoms with Gasteiger partial charge in [-0.15, -0.1) is 0 Å². The standard InChI is InChI=1S/C10H14O3/c1-7-4-5-8(10(11)13-3)9(6-7)12-2/h4,6,8H,5H2,1-3H3. The van der Waals surface area contributed by atoms with Gasteiger partial charge in [-0.25, -0.2) is 0 Å². The van der Waals surface area contributed by atoms with Crippen molar-refractivity contribution in [2.24, 2.45) is 5.92 Å². The number of hydrogen-bond acceptors (Lipinski definition) is 3. The Balaban J connectivity index is 2.80. The molecule has 1 atom stereocenters. The number of methoxy groups -OCH3 is 2. The summed E-state index contributed by atoms with van der Waals surface area (Å²) in [6.45, 7) is 1.98. The van der Waals surface area contributed by atoms with Gasteiger partial charge in [0.25, 0.3) is 0 Å². The summed E-state index contributed by atoms with van der Waals surface area (Å²) in [5, 5.41) is 0. The quantitative estimate of drug-likeness (QED) is 0.609. The molecule has 0 aromatic carbocycles. The molecule has 3 nitrogen and oxygen atoms in total. The van der Waals surface area contributed by atoms with Crippen molar-refractivity contribution in [3.8, 4) is 0 Å². The van der Waals surface area contributed by atoms with E-state index in [0.717, 1.165) is 5.57 Å². The predicted octanol–water partition coefficient (Wildman–Crippen LogP) is 1.66. The van der Waals surface area contributed by atoms with Crippen LogP contribution in [0.3, 0.4) is 0 Å². The smallest absolute Gasteiger partial charge is 0.316 e. The normalized spacial score (nSPS) is 21.6. The first kappa shape index (κ1) is 9.84. The average molecular weight is 182 g/mol. The van der Waals surface area contributed by atoms with Crippen molar-refractivity contribution in [3.05, 3.63) is 23.5 Å². The second-order valence-corrected chi connectivity index (χ2v) is 3.01. The van der Waals surface area contributed by atoms with Crippen LogP contribution in [-0.4, -0.2) is 20.2 Å². The van der Waals surface area contributed by atoms with Gasteiger partial charge in [0.1, 0.15) is 11.7 Å². The molecule has 0 amide bonds. The summed E-state index contributed by atoms with van der Waals surface area (Å²) in [5.41, 5.74) is 1.12. The van der Waals surface area contributed by atoms with Crippen LogP contribution in [0.25, 0.3) is 0 Å². The molecular weight excluding hydrogens is 168 g/mol. The second kappa shape index (κ2) is 4.12. The van der Waals surface area contributed by atoms with Crippen molar-refractivity contribution < 1.29 is 14.3 Å². The van der Waals surface area contributed by atoms with Crippen molar-refractivity contribution in [1.82, 2.24) is 0 Å². The largest absolute Gasteiger partial charge is 0.500 e. The molecule has 0 saturated carbocycles. The minimum Gasteiger partial charge on any atom is -0.500 e. The van der Waals surface area contributed by atoms with Crippen LogP contribution in [0.4, 0.5) is 0 Å². The zero-order valence-electron chi connectivity index (χ0n) is 8.16. The Labute approximate surface area is 78.0 Å². The SMILES string of the molecule is COC(=O)C1CC=C(C)C=C1OC. The van der Waals surface area contributed by atoms with E-state index >= 15 is 0 Å². The molecule has 3 heteroatoms. The first-order chi connectivity index (χ1) is 6.19. The van der Waals surface area contributed by atoms with E-state index in [1.807, 2.05) is 19.1 Å². The molecule has 1 aliphatic carbocycles. The molecule has 0 aliphatic heterocycles. The molecule has 0 aromatic rings. The van der Waals surface area contributed by atoms with E-state index in [9.17, 15) is 4.79 Å². The lowest BCUT2D eigenvalue weighted by molar-refractivity contribution is -0.145. The van der Waals surface area contributed by atoms with Crippen LogP contribution in [0, 0.1) is 5.92 Å². The molecule has 0 radical (unpaired) electrons. The van der Waals surface area contributed by atoms with Crippen molar-refractivity contribution in [3.63, 3.8) is 0 Å². The van der Waals surface area contributed by atoms with Gasteiger partial charge in [0.05, 0.1) is 14.2 Å². The van der Waals surface area contributed by atoms with E-state index in [1.165, 1.54) is 7.11 Å². The van der Waals surface area contributed by atoms with Crippen LogP contribution >= 0.6 is 0 Å². The Kier molecular flexibility index (Phi) is 3.12. The highest BCUT2D eigenvalue weighted by Gasteiger charge is 2.25. The maximum Gasteiger partial charge on any atom is 0.316 e. The van der Waals surface area contributed by atoms with Gasteiger partial charge in [0.15, 0.2) is 0 Å². The summed E-state index contributed by atoms with van der Waals surface area (Å²) in [6, 6.07) is 0. The third kappa shape index (κ3) is 2.11. The average Bonchev–Trinajstić information content (AvgIpc) is 2.16. The molecule has 0 aromatic heterocycles. The molecule has 0 heterocycles. The minimum absolute atomic E-state index is 0.239. The highest BCUT2D eigenvalue weighted by atomic mass is 16.5. The third-order valence-electron chi connectivity index (χ3n) is 2.11. The Morgan fingerprint density at radius 3 is 2.77 bits per heavy atom. The van der Waals surface area contributed by atoms with Crippen LogP contribution < -0.4 is 0 Å². The van der Waals surface area contributed by atoms with Crippen LogP contribution in [0.5, 0.6) is 0 Å². The monoisotopic (exact) mass is 182 g/mol. The van der Waals surface area contributed by atoms with Gasteiger partial charge in [0.2, 0.25) is 0 Å². The molecule has 0 bridgehead atoms. The Morgan fingerprint density at radius 1 is 1.54 bits per heavy atom. The van der Waals surface area contributed by atoms with Gasteiger partial charge in [-0.2, -0.15) is 0 Å². The van der Waals surface area contributed by atoms with Crippen LogP contribution in [0.2, 0.25) is 0 Å². The van der Waals surface area contributed by atoms with E-state index in [0.29, 0.717) is 12.2 Å². The summed E-state index contributed by atoms with van der Waals surface area (Å²) in [6.07, 6.45) is 4.54. The Bertz CT molecular complexity index is 263. The van der Waals surface area contributed by atoms with E-state index in [4.69, 9.17) is 4.74 Å². The Hall–Kier alpha value is -1.25. The maximum atomic E-state index is 11.3. The van der Waals surface area contributed by atoms with E-state index < -0.39 is 0 Å². The van der Waals surface area contributed by atoms with Gasteiger partial charge < -0.3 is 9.47 Å². The maximum absolute atomic E-state index is 11.3. The summed E-state index contributed by atoms with van der Waals surface area (Å²) in [7, 11) is 2.96. The molecular formula is C10H14O3. The molecule has 1 unspecified atom stereocenters. The van der Waals surface area contributed by atoms with Crippen LogP contribution in [0.1, 0.15) is 13.3 Å². The molecule has 13 heavy (non-hydrogen) atoms. The van der Waals surface area contributed by atoms with Crippen LogP contribution in [0.15, 0.2) is 23.5 Å². The van der Waals surface area contributed by atoms with Gasteiger partial charge in [-0.05, 0) is 19.4 Å². The molecule has 0 spiro atoms. The summed E-state index contributed by atoms with van der Waals surface area (Å²) in [4.78, 5) is 11.3. The molecule has 0 fully saturated rings. The van der Waals surface area contributed by atoms with E-state index in [-0.39, 0.29) is 11.9 Å². The lowest BCUT2D eigenvalue weighted by Gasteiger charge is -2.19. The molecule has 0 N–H and O–H groups in total. The van der Waals surface area contributed by atoms with Gasteiger partial charge in [0, 0.05) is 0 Å². The fraction of sp³-hybridized carbons (Fsp3) is 0.500. The van der Waals surface area contributed by atoms with E-state index in [1.54, 1.807) is 7.11 Å². The minimum atomic E-state index is -0.265. The number of rotatable bonds is 2. The zero-order chi connectivity index (χ0) is 9.84. The molecule has 1 aliphatic rings. The van der Waals surface area contributed by atoms with Crippen LogP contribution in [-0.2, 0) is 14.3 Å². The topological polar surface area (TPSA) is 35.5 Å². The lowest BCUT2D eigenvalue weighted by atomic mass is 9.95. The summed E-state index contributed by atoms with van der Waals surface area (Å²) < 4.78 is 9.78. The number of hydrogen-bond donors (Lipinski definition) is 0. The van der Waals surface area contributed by atoms with Crippen molar-refractivity contribution in [2.75, 3.05) is 14.2 Å². The van der Waals surface area contributed by atoms with Gasteiger partial charge in [-0.3, -0.25) is 4.79 Å². The highest BCUT2D eigenvalue weighted by molar-refractivity contribution is 5.76. The molecule has 72 valence electrons. The Morgan fingerprint density at radius 2 is 2.23 bits per heavy atom. The lowest BCUT2D eigenvalue weighted by Crippen LogP contribution is -2.20. The first-order valence-corrected chi connectivity index (χ1v) is 4.19. The third-order valence-corrected chi connectivity index (χ3v) is 2.11. The zero-order valence-corrected chi connectivity index (χ0v) is 8.16. The number of allylic oxidation sites excluding steroid dienone is 3. The first-order valence-electron chi connectivity index (χ1n) is 4.19. The van der Waals surface area contributed by atoms with Crippen molar-refractivity contribution in [2.45, 2.75) is 13.3 Å². The van der Waals surface area contributed by atoms with Gasteiger partial charge in [-0.1, -0.05) is 11.6 Å². The number of carbonyl (C=O) groups excluding carboxylic acids is 1. The fourth-order valence-corrected chi connectivity index (χ4v) is 1.36. The molecule has 0 saturated heterocycles. The summed E-state index contributed by atoms with van der Waals surface area (Å²) >= 11 is 0. The summed E-state index contributed by atoms with van der Waals surface area (Å²) in [5.74, 6) is 0.183. The van der Waals surface area contributed by atoms with Gasteiger partial charge >= 0.3 is 5.97 Å². The number of esters is 1. The van der Waals surface area contributed by atoms with E-state index in [2.05, 4.69) is 4.74 Å². The highest BCUT2D eigenvalue weighted by Crippen LogP contribution is 2.25. The number of carbonyl (C=O) groups is 1.